The van der Waals surface area contributed by atoms with Crippen LogP contribution < -0.4 is 10.1 Å². The number of pyridine rings is 1. The van der Waals surface area contributed by atoms with E-state index in [0.29, 0.717) is 49.5 Å². The molecule has 0 aliphatic carbocycles. The molecule has 2 heterocycles. The summed E-state index contributed by atoms with van der Waals surface area (Å²) in [5, 5.41) is 8.21. The normalized spacial score (nSPS) is 17.0. The van der Waals surface area contributed by atoms with Gasteiger partial charge in [0.2, 0.25) is 0 Å². The molecule has 1 saturated heterocycles. The summed E-state index contributed by atoms with van der Waals surface area (Å²) in [7, 11) is 1.56. The lowest BCUT2D eigenvalue weighted by molar-refractivity contribution is -0.141. The quantitative estimate of drug-likeness (QED) is 0.195. The number of ether oxygens (including phenoxy) is 1. The van der Waals surface area contributed by atoms with Crippen molar-refractivity contribution in [2.75, 3.05) is 33.3 Å². The SMILES string of the molecule is C=CCO/N=C(\CC=C)N1CCN(C(=O)C(C)Oc2cccc3c(C(=O)NC)nccc23)C(C)C1. The maximum atomic E-state index is 13.3. The van der Waals surface area contributed by atoms with Gasteiger partial charge >= 0.3 is 0 Å². The number of hydrogen-bond acceptors (Lipinski definition) is 6. The van der Waals surface area contributed by atoms with Crippen LogP contribution in [0.25, 0.3) is 10.8 Å². The van der Waals surface area contributed by atoms with Crippen LogP contribution >= 0.6 is 0 Å². The smallest absolute Gasteiger partial charge is 0.270 e. The van der Waals surface area contributed by atoms with Gasteiger partial charge in [0.05, 0.1) is 0 Å². The summed E-state index contributed by atoms with van der Waals surface area (Å²) in [4.78, 5) is 38.9. The van der Waals surface area contributed by atoms with Gasteiger partial charge in [-0.1, -0.05) is 36.0 Å². The molecule has 2 aromatic rings. The highest BCUT2D eigenvalue weighted by atomic mass is 16.6. The minimum absolute atomic E-state index is 0.0479. The molecule has 0 bridgehead atoms. The fourth-order valence-corrected chi connectivity index (χ4v) is 4.09. The summed E-state index contributed by atoms with van der Waals surface area (Å²) in [5.41, 5.74) is 0.313. The molecule has 1 aromatic heterocycles. The van der Waals surface area contributed by atoms with Crippen LogP contribution in [0.5, 0.6) is 5.75 Å². The first-order valence-corrected chi connectivity index (χ1v) is 11.6. The Balaban J connectivity index is 1.71. The number of nitrogens with one attached hydrogen (secondary N) is 1. The Morgan fingerprint density at radius 1 is 1.26 bits per heavy atom. The number of aromatic nitrogens is 1. The van der Waals surface area contributed by atoms with Crippen LogP contribution in [0, 0.1) is 0 Å². The van der Waals surface area contributed by atoms with Crippen LogP contribution in [0.1, 0.15) is 30.8 Å². The average molecular weight is 480 g/mol. The first-order chi connectivity index (χ1) is 16.9. The lowest BCUT2D eigenvalue weighted by atomic mass is 10.1. The summed E-state index contributed by atoms with van der Waals surface area (Å²) in [5.74, 6) is 0.932. The van der Waals surface area contributed by atoms with Gasteiger partial charge in [-0.3, -0.25) is 14.6 Å². The second-order valence-corrected chi connectivity index (χ2v) is 8.26. The van der Waals surface area contributed by atoms with Crippen molar-refractivity contribution in [3.8, 4) is 5.75 Å². The summed E-state index contributed by atoms with van der Waals surface area (Å²) >= 11 is 0. The lowest BCUT2D eigenvalue weighted by Crippen LogP contribution is -2.57. The first kappa shape index (κ1) is 25.7. The Kier molecular flexibility index (Phi) is 8.83. The Hall–Kier alpha value is -3.88. The third-order valence-electron chi connectivity index (χ3n) is 5.82. The first-order valence-electron chi connectivity index (χ1n) is 11.6. The van der Waals surface area contributed by atoms with Gasteiger partial charge < -0.3 is 24.7 Å². The Morgan fingerprint density at radius 3 is 2.74 bits per heavy atom. The summed E-state index contributed by atoms with van der Waals surface area (Å²) in [6, 6.07) is 7.13. The number of amidine groups is 1. The van der Waals surface area contributed by atoms with E-state index >= 15 is 0 Å². The van der Waals surface area contributed by atoms with Gasteiger partial charge in [-0.25, -0.2) is 0 Å². The molecule has 1 fully saturated rings. The van der Waals surface area contributed by atoms with Crippen LogP contribution in [0.3, 0.4) is 0 Å². The molecular weight excluding hydrogens is 446 g/mol. The van der Waals surface area contributed by atoms with Crippen LogP contribution in [-0.2, 0) is 9.63 Å². The van der Waals surface area contributed by atoms with E-state index in [1.54, 1.807) is 50.5 Å². The molecule has 186 valence electrons. The summed E-state index contributed by atoms with van der Waals surface area (Å²) in [6.07, 6.45) is 4.86. The van der Waals surface area contributed by atoms with Crippen molar-refractivity contribution in [1.29, 1.82) is 0 Å². The standard InChI is InChI=1S/C26H33N5O4/c1-6-9-23(29-34-16-7-2)30-14-15-31(18(3)17-30)26(33)19(4)35-22-11-8-10-21-20(22)12-13-28-24(21)25(32)27-5/h6-8,10-13,18-19H,1-2,9,14-17H2,3-5H3,(H,27,32)/b29-23+. The molecule has 3 rings (SSSR count). The van der Waals surface area contributed by atoms with E-state index in [2.05, 4.69) is 33.5 Å². The van der Waals surface area contributed by atoms with Gasteiger partial charge in [-0.05, 0) is 26.0 Å². The predicted octanol–water partition coefficient (Wildman–Crippen LogP) is 2.99. The number of piperazine rings is 1. The third kappa shape index (κ3) is 5.98. The number of hydrogen-bond donors (Lipinski definition) is 1. The third-order valence-corrected chi connectivity index (χ3v) is 5.82. The second kappa shape index (κ2) is 12.0. The minimum atomic E-state index is -0.705. The maximum Gasteiger partial charge on any atom is 0.270 e. The molecule has 9 nitrogen and oxygen atoms in total. The highest BCUT2D eigenvalue weighted by molar-refractivity contribution is 6.06. The summed E-state index contributed by atoms with van der Waals surface area (Å²) in [6.45, 7) is 13.3. The van der Waals surface area contributed by atoms with Gasteiger partial charge in [0.15, 0.2) is 6.10 Å². The molecule has 1 aromatic carbocycles. The van der Waals surface area contributed by atoms with E-state index in [0.717, 1.165) is 11.2 Å². The Labute approximate surface area is 206 Å². The summed E-state index contributed by atoms with van der Waals surface area (Å²) < 4.78 is 6.11. The molecule has 0 saturated carbocycles. The van der Waals surface area contributed by atoms with E-state index < -0.39 is 6.10 Å². The zero-order valence-electron chi connectivity index (χ0n) is 20.6. The van der Waals surface area contributed by atoms with Crippen LogP contribution in [0.2, 0.25) is 0 Å². The molecule has 2 amide bonds. The topological polar surface area (TPSA) is 96.4 Å². The van der Waals surface area contributed by atoms with Gasteiger partial charge in [-0.15, -0.1) is 6.58 Å². The molecule has 2 atom stereocenters. The molecule has 2 unspecified atom stereocenters. The number of carbonyl (C=O) groups excluding carboxylic acids is 2. The van der Waals surface area contributed by atoms with Crippen molar-refractivity contribution in [3.63, 3.8) is 0 Å². The average Bonchev–Trinajstić information content (AvgIpc) is 2.87. The van der Waals surface area contributed by atoms with E-state index in [1.165, 1.54) is 0 Å². The Morgan fingerprint density at radius 2 is 2.06 bits per heavy atom. The van der Waals surface area contributed by atoms with Gasteiger partial charge in [-0.2, -0.15) is 0 Å². The molecule has 0 radical (unpaired) electrons. The predicted molar refractivity (Wildman–Crippen MR) is 136 cm³/mol. The molecule has 9 heteroatoms. The number of rotatable bonds is 9. The van der Waals surface area contributed by atoms with Crippen LogP contribution in [-0.4, -0.2) is 77.9 Å². The van der Waals surface area contributed by atoms with Crippen molar-refractivity contribution in [1.82, 2.24) is 20.1 Å². The Bertz CT molecular complexity index is 1120. The molecule has 0 spiro atoms. The molecule has 1 aliphatic rings. The van der Waals surface area contributed by atoms with Crippen molar-refractivity contribution in [2.45, 2.75) is 32.4 Å². The van der Waals surface area contributed by atoms with Crippen LogP contribution in [0.4, 0.5) is 0 Å². The van der Waals surface area contributed by atoms with Crippen molar-refractivity contribution in [2.24, 2.45) is 5.16 Å². The molecule has 35 heavy (non-hydrogen) atoms. The molecular formula is C26H33N5O4. The zero-order valence-corrected chi connectivity index (χ0v) is 20.6. The van der Waals surface area contributed by atoms with Gasteiger partial charge in [0, 0.05) is 56.1 Å². The molecule has 1 aliphatic heterocycles. The maximum absolute atomic E-state index is 13.3. The largest absolute Gasteiger partial charge is 0.480 e. The van der Waals surface area contributed by atoms with Gasteiger partial charge in [0.25, 0.3) is 11.8 Å². The highest BCUT2D eigenvalue weighted by Crippen LogP contribution is 2.28. The number of amides is 2. The minimum Gasteiger partial charge on any atom is -0.480 e. The van der Waals surface area contributed by atoms with Crippen LogP contribution in [0.15, 0.2) is 60.9 Å². The van der Waals surface area contributed by atoms with E-state index in [1.807, 2.05) is 17.9 Å². The number of carbonyl (C=O) groups is 2. The monoisotopic (exact) mass is 479 g/mol. The number of fused-ring (bicyclic) bond motifs is 1. The second-order valence-electron chi connectivity index (χ2n) is 8.26. The van der Waals surface area contributed by atoms with Crippen molar-refractivity contribution in [3.05, 3.63) is 61.5 Å². The number of nitrogens with zero attached hydrogens (tertiary/aromatic N) is 4. The van der Waals surface area contributed by atoms with Gasteiger partial charge in [0.1, 0.15) is 23.9 Å². The molecule has 1 N–H and O–H groups in total. The lowest BCUT2D eigenvalue weighted by Gasteiger charge is -2.41. The fourth-order valence-electron chi connectivity index (χ4n) is 4.09. The van der Waals surface area contributed by atoms with E-state index in [9.17, 15) is 9.59 Å². The highest BCUT2D eigenvalue weighted by Gasteiger charge is 2.32. The number of benzene rings is 1. The fraction of sp³-hybridized carbons (Fsp3) is 0.385. The zero-order chi connectivity index (χ0) is 25.4. The van der Waals surface area contributed by atoms with Crippen molar-refractivity contribution >= 4 is 28.4 Å². The number of oxime groups is 1. The van der Waals surface area contributed by atoms with E-state index in [-0.39, 0.29) is 17.9 Å². The van der Waals surface area contributed by atoms with E-state index in [4.69, 9.17) is 9.57 Å². The van der Waals surface area contributed by atoms with Crippen molar-refractivity contribution < 1.29 is 19.2 Å².